The molecule has 0 heterocycles. The second-order valence-corrected chi connectivity index (χ2v) is 5.77. The summed E-state index contributed by atoms with van der Waals surface area (Å²) < 4.78 is 24.0. The number of hydrogen-bond acceptors (Lipinski definition) is 4. The lowest BCUT2D eigenvalue weighted by Gasteiger charge is -2.08. The van der Waals surface area contributed by atoms with E-state index in [0.717, 1.165) is 17.2 Å². The first-order valence-corrected chi connectivity index (χ1v) is 8.21. The predicted octanol–water partition coefficient (Wildman–Crippen LogP) is 4.63. The van der Waals surface area contributed by atoms with Crippen LogP contribution in [0.2, 0.25) is 0 Å². The molecule has 27 heavy (non-hydrogen) atoms. The van der Waals surface area contributed by atoms with Crippen LogP contribution in [0.15, 0.2) is 66.7 Å². The van der Waals surface area contributed by atoms with Gasteiger partial charge in [-0.05, 0) is 53.6 Å². The molecular weight excluding hydrogens is 345 g/mol. The van der Waals surface area contributed by atoms with Crippen LogP contribution in [0, 0.1) is 17.1 Å². The van der Waals surface area contributed by atoms with E-state index in [2.05, 4.69) is 6.07 Å². The third-order valence-electron chi connectivity index (χ3n) is 4.05. The van der Waals surface area contributed by atoms with Crippen molar-refractivity contribution >= 4 is 5.78 Å². The van der Waals surface area contributed by atoms with Gasteiger partial charge >= 0.3 is 0 Å². The van der Waals surface area contributed by atoms with E-state index < -0.39 is 5.82 Å². The summed E-state index contributed by atoms with van der Waals surface area (Å²) >= 11 is 0. The molecule has 0 radical (unpaired) electrons. The Kier molecular flexibility index (Phi) is 5.48. The van der Waals surface area contributed by atoms with Crippen LogP contribution in [0.1, 0.15) is 15.9 Å². The molecule has 134 valence electrons. The van der Waals surface area contributed by atoms with Crippen LogP contribution in [0.3, 0.4) is 0 Å². The molecule has 0 N–H and O–H groups in total. The van der Waals surface area contributed by atoms with Crippen molar-refractivity contribution in [3.8, 4) is 28.7 Å². The van der Waals surface area contributed by atoms with Crippen LogP contribution in [0.4, 0.5) is 4.39 Å². The van der Waals surface area contributed by atoms with Crippen LogP contribution in [-0.2, 0) is 0 Å². The molecule has 5 heteroatoms. The first kappa shape index (κ1) is 18.2. The highest BCUT2D eigenvalue weighted by Crippen LogP contribution is 2.23. The second kappa shape index (κ2) is 8.15. The predicted molar refractivity (Wildman–Crippen MR) is 99.4 cm³/mol. The topological polar surface area (TPSA) is 59.3 Å². The Morgan fingerprint density at radius 1 is 1.00 bits per heavy atom. The molecule has 0 aliphatic rings. The van der Waals surface area contributed by atoms with Crippen molar-refractivity contribution in [2.75, 3.05) is 13.7 Å². The summed E-state index contributed by atoms with van der Waals surface area (Å²) in [5.41, 5.74) is 2.77. The zero-order valence-electron chi connectivity index (χ0n) is 14.6. The summed E-state index contributed by atoms with van der Waals surface area (Å²) in [6.45, 7) is -0.192. The molecule has 0 fully saturated rings. The molecule has 0 bridgehead atoms. The number of Topliss-reactive ketones (excluding diaryl/α,β-unsaturated/α-hetero) is 1. The van der Waals surface area contributed by atoms with Crippen molar-refractivity contribution in [2.45, 2.75) is 0 Å². The Hall–Kier alpha value is -3.65. The van der Waals surface area contributed by atoms with E-state index in [4.69, 9.17) is 14.7 Å². The summed E-state index contributed by atoms with van der Waals surface area (Å²) in [6.07, 6.45) is 0. The Morgan fingerprint density at radius 3 is 2.19 bits per heavy atom. The minimum absolute atomic E-state index is 0.0888. The van der Waals surface area contributed by atoms with Gasteiger partial charge in [0.05, 0.1) is 18.7 Å². The number of rotatable bonds is 6. The number of benzene rings is 3. The lowest BCUT2D eigenvalue weighted by Crippen LogP contribution is -2.12. The van der Waals surface area contributed by atoms with Gasteiger partial charge in [-0.15, -0.1) is 0 Å². The molecule has 3 aromatic carbocycles. The lowest BCUT2D eigenvalue weighted by molar-refractivity contribution is 0.0921. The molecule has 0 atom stereocenters. The summed E-state index contributed by atoms with van der Waals surface area (Å²) in [6, 6.07) is 20.6. The number of carbonyl (C=O) groups excluding carboxylic acids is 1. The van der Waals surface area contributed by atoms with Gasteiger partial charge in [-0.3, -0.25) is 4.79 Å². The fraction of sp³-hybridized carbons (Fsp3) is 0.0909. The summed E-state index contributed by atoms with van der Waals surface area (Å²) in [5, 5.41) is 8.84. The SMILES string of the molecule is COc1ccc(C(=O)COc2ccc(-c3ccc(C#N)cc3)cc2)cc1F. The van der Waals surface area contributed by atoms with Crippen LogP contribution >= 0.6 is 0 Å². The highest BCUT2D eigenvalue weighted by Gasteiger charge is 2.11. The Balaban J connectivity index is 1.63. The quantitative estimate of drug-likeness (QED) is 0.601. The Morgan fingerprint density at radius 2 is 1.63 bits per heavy atom. The molecule has 0 aliphatic heterocycles. The average molecular weight is 361 g/mol. The monoisotopic (exact) mass is 361 g/mol. The van der Waals surface area contributed by atoms with E-state index in [1.165, 1.54) is 19.2 Å². The minimum atomic E-state index is -0.588. The van der Waals surface area contributed by atoms with Gasteiger partial charge in [0.1, 0.15) is 5.75 Å². The smallest absolute Gasteiger partial charge is 0.200 e. The fourth-order valence-electron chi connectivity index (χ4n) is 2.55. The van der Waals surface area contributed by atoms with Gasteiger partial charge in [0, 0.05) is 5.56 Å². The molecule has 0 spiro atoms. The summed E-state index contributed by atoms with van der Waals surface area (Å²) in [4.78, 5) is 12.2. The van der Waals surface area contributed by atoms with Crippen LogP contribution in [-0.4, -0.2) is 19.5 Å². The third-order valence-corrected chi connectivity index (χ3v) is 4.05. The van der Waals surface area contributed by atoms with Gasteiger partial charge in [0.15, 0.2) is 24.0 Å². The molecule has 0 aromatic heterocycles. The standard InChI is InChI=1S/C22H16FNO3/c1-26-22-11-8-18(12-20(22)23)21(25)14-27-19-9-6-17(7-10-19)16-4-2-15(13-24)3-5-16/h2-12H,14H2,1H3. The number of carbonyl (C=O) groups is 1. The second-order valence-electron chi connectivity index (χ2n) is 5.77. The number of hydrogen-bond donors (Lipinski definition) is 0. The molecule has 0 unspecified atom stereocenters. The van der Waals surface area contributed by atoms with Crippen LogP contribution in [0.5, 0.6) is 11.5 Å². The van der Waals surface area contributed by atoms with Gasteiger partial charge in [-0.25, -0.2) is 4.39 Å². The van der Waals surface area contributed by atoms with Crippen molar-refractivity contribution in [2.24, 2.45) is 0 Å². The van der Waals surface area contributed by atoms with E-state index in [0.29, 0.717) is 11.3 Å². The number of halogens is 1. The number of nitriles is 1. The van der Waals surface area contributed by atoms with E-state index in [1.807, 2.05) is 24.3 Å². The molecule has 4 nitrogen and oxygen atoms in total. The molecule has 3 rings (SSSR count). The maximum atomic E-state index is 13.7. The van der Waals surface area contributed by atoms with Crippen LogP contribution in [0.25, 0.3) is 11.1 Å². The molecule has 3 aromatic rings. The number of ketones is 1. The first-order valence-electron chi connectivity index (χ1n) is 8.21. The van der Waals surface area contributed by atoms with Crippen molar-refractivity contribution < 1.29 is 18.7 Å². The van der Waals surface area contributed by atoms with E-state index >= 15 is 0 Å². The normalized spacial score (nSPS) is 10.1. The van der Waals surface area contributed by atoms with Gasteiger partial charge in [-0.2, -0.15) is 5.26 Å². The first-order chi connectivity index (χ1) is 13.1. The Bertz CT molecular complexity index is 990. The van der Waals surface area contributed by atoms with Crippen molar-refractivity contribution in [1.29, 1.82) is 5.26 Å². The molecule has 0 saturated heterocycles. The minimum Gasteiger partial charge on any atom is -0.494 e. The highest BCUT2D eigenvalue weighted by atomic mass is 19.1. The number of nitrogens with zero attached hydrogens (tertiary/aromatic N) is 1. The zero-order valence-corrected chi connectivity index (χ0v) is 14.6. The Labute approximate surface area is 156 Å². The fourth-order valence-corrected chi connectivity index (χ4v) is 2.55. The average Bonchev–Trinajstić information content (AvgIpc) is 2.72. The van der Waals surface area contributed by atoms with E-state index in [-0.39, 0.29) is 23.7 Å². The van der Waals surface area contributed by atoms with Crippen molar-refractivity contribution in [1.82, 2.24) is 0 Å². The summed E-state index contributed by atoms with van der Waals surface area (Å²) in [5.74, 6) is -0.288. The molecule has 0 aliphatic carbocycles. The molecular formula is C22H16FNO3. The van der Waals surface area contributed by atoms with Crippen molar-refractivity contribution in [3.05, 3.63) is 83.7 Å². The van der Waals surface area contributed by atoms with Crippen LogP contribution < -0.4 is 9.47 Å². The van der Waals surface area contributed by atoms with Gasteiger partial charge in [0.25, 0.3) is 0 Å². The highest BCUT2D eigenvalue weighted by molar-refractivity contribution is 5.97. The van der Waals surface area contributed by atoms with Gasteiger partial charge in [0.2, 0.25) is 0 Å². The van der Waals surface area contributed by atoms with Crippen molar-refractivity contribution in [3.63, 3.8) is 0 Å². The molecule has 0 amide bonds. The largest absolute Gasteiger partial charge is 0.494 e. The van der Waals surface area contributed by atoms with Gasteiger partial charge < -0.3 is 9.47 Å². The molecule has 0 saturated carbocycles. The zero-order chi connectivity index (χ0) is 19.2. The maximum Gasteiger partial charge on any atom is 0.200 e. The van der Waals surface area contributed by atoms with E-state index in [1.54, 1.807) is 24.3 Å². The number of ether oxygens (including phenoxy) is 2. The lowest BCUT2D eigenvalue weighted by atomic mass is 10.0. The maximum absolute atomic E-state index is 13.7. The number of methoxy groups -OCH3 is 1. The van der Waals surface area contributed by atoms with Gasteiger partial charge in [-0.1, -0.05) is 24.3 Å². The summed E-state index contributed by atoms with van der Waals surface area (Å²) in [7, 11) is 1.37. The van der Waals surface area contributed by atoms with E-state index in [9.17, 15) is 9.18 Å². The third kappa shape index (κ3) is 4.31.